The molecule has 0 saturated heterocycles. The summed E-state index contributed by atoms with van der Waals surface area (Å²) in [6, 6.07) is 8.94. The number of methoxy groups -OCH3 is 1. The molecule has 11 heteroatoms. The average molecular weight is 561 g/mol. The van der Waals surface area contributed by atoms with Crippen molar-refractivity contribution in [2.24, 2.45) is 10.9 Å². The molecule has 0 bridgehead atoms. The van der Waals surface area contributed by atoms with Crippen LogP contribution in [0.25, 0.3) is 0 Å². The standard InChI is InChI=1S/C28H28F4N4O2S/c1-38-23-14-18(6-7-22(23)29)24(17-4-5-17)35-26(37)20-12-16(15-36-9-10-39-27(36)33)11-19(13-20)21-3-2-8-34-25(21)28(30,31)32/h6-7,9-14,17,21,24,33H,2-5,8,15H2,1H3,(H,35,37)/t21?,24-/m0/s1. The third kappa shape index (κ3) is 6.08. The first-order valence-corrected chi connectivity index (χ1v) is 13.6. The highest BCUT2D eigenvalue weighted by Gasteiger charge is 2.42. The third-order valence-electron chi connectivity index (χ3n) is 7.18. The van der Waals surface area contributed by atoms with Gasteiger partial charge >= 0.3 is 6.18 Å². The van der Waals surface area contributed by atoms with Crippen LogP contribution in [0.2, 0.25) is 0 Å². The van der Waals surface area contributed by atoms with Gasteiger partial charge in [0.05, 0.1) is 13.2 Å². The monoisotopic (exact) mass is 560 g/mol. The quantitative estimate of drug-likeness (QED) is 0.332. The molecule has 1 amide bonds. The molecule has 2 aromatic carbocycles. The van der Waals surface area contributed by atoms with Crippen molar-refractivity contribution in [2.45, 2.75) is 50.4 Å². The van der Waals surface area contributed by atoms with Crippen molar-refractivity contribution in [3.05, 3.63) is 80.8 Å². The number of nitrogens with one attached hydrogen (secondary N) is 2. The summed E-state index contributed by atoms with van der Waals surface area (Å²) in [6.07, 6.45) is -0.262. The van der Waals surface area contributed by atoms with Gasteiger partial charge in [-0.3, -0.25) is 15.2 Å². The van der Waals surface area contributed by atoms with Crippen molar-refractivity contribution in [3.8, 4) is 5.75 Å². The molecule has 1 aliphatic heterocycles. The van der Waals surface area contributed by atoms with Crippen molar-refractivity contribution >= 4 is 23.0 Å². The Hall–Kier alpha value is -3.47. The van der Waals surface area contributed by atoms with Gasteiger partial charge < -0.3 is 14.6 Å². The molecule has 5 rings (SSSR count). The maximum atomic E-state index is 14.0. The van der Waals surface area contributed by atoms with Gasteiger partial charge in [0.15, 0.2) is 16.4 Å². The zero-order valence-electron chi connectivity index (χ0n) is 21.2. The van der Waals surface area contributed by atoms with Gasteiger partial charge in [-0.25, -0.2) is 4.39 Å². The largest absolute Gasteiger partial charge is 0.494 e. The number of carbonyl (C=O) groups is 1. The highest BCUT2D eigenvalue weighted by atomic mass is 32.1. The summed E-state index contributed by atoms with van der Waals surface area (Å²) in [5.74, 6) is -1.67. The van der Waals surface area contributed by atoms with Gasteiger partial charge in [0.1, 0.15) is 5.71 Å². The second-order valence-electron chi connectivity index (χ2n) is 9.94. The lowest BCUT2D eigenvalue weighted by molar-refractivity contribution is -0.0622. The summed E-state index contributed by atoms with van der Waals surface area (Å²) < 4.78 is 62.4. The minimum Gasteiger partial charge on any atom is -0.494 e. The Morgan fingerprint density at radius 1 is 1.23 bits per heavy atom. The predicted octanol–water partition coefficient (Wildman–Crippen LogP) is 5.99. The Balaban J connectivity index is 1.51. The van der Waals surface area contributed by atoms with E-state index in [-0.39, 0.29) is 36.7 Å². The Morgan fingerprint density at radius 3 is 2.69 bits per heavy atom. The molecule has 2 N–H and O–H groups in total. The van der Waals surface area contributed by atoms with Gasteiger partial charge in [0.25, 0.3) is 5.91 Å². The molecule has 0 radical (unpaired) electrons. The van der Waals surface area contributed by atoms with E-state index in [4.69, 9.17) is 10.1 Å². The first kappa shape index (κ1) is 27.1. The lowest BCUT2D eigenvalue weighted by Gasteiger charge is -2.26. The van der Waals surface area contributed by atoms with E-state index >= 15 is 0 Å². The van der Waals surface area contributed by atoms with Crippen LogP contribution in [0.5, 0.6) is 5.75 Å². The molecule has 2 aliphatic rings. The lowest BCUT2D eigenvalue weighted by atomic mass is 9.85. The zero-order valence-corrected chi connectivity index (χ0v) is 22.0. The van der Waals surface area contributed by atoms with Crippen LogP contribution in [0.1, 0.15) is 64.7 Å². The second kappa shape index (κ2) is 11.0. The summed E-state index contributed by atoms with van der Waals surface area (Å²) in [5.41, 5.74) is 1.11. The van der Waals surface area contributed by atoms with Gasteiger partial charge in [-0.1, -0.05) is 12.1 Å². The highest BCUT2D eigenvalue weighted by Crippen LogP contribution is 2.42. The number of halogens is 4. The van der Waals surface area contributed by atoms with Crippen LogP contribution < -0.4 is 14.9 Å². The zero-order chi connectivity index (χ0) is 27.7. The van der Waals surface area contributed by atoms with E-state index < -0.39 is 35.6 Å². The molecule has 2 heterocycles. The number of thiazole rings is 1. The van der Waals surface area contributed by atoms with Crippen LogP contribution in [0, 0.1) is 17.1 Å². The summed E-state index contributed by atoms with van der Waals surface area (Å²) in [6.45, 7) is 0.360. The molecule has 6 nitrogen and oxygen atoms in total. The first-order chi connectivity index (χ1) is 18.6. The summed E-state index contributed by atoms with van der Waals surface area (Å²) >= 11 is 1.24. The fourth-order valence-electron chi connectivity index (χ4n) is 5.12. The first-order valence-electron chi connectivity index (χ1n) is 12.7. The van der Waals surface area contributed by atoms with E-state index in [1.807, 2.05) is 0 Å². The fraction of sp³-hybridized carbons (Fsp3) is 0.393. The number of rotatable bonds is 8. The fourth-order valence-corrected chi connectivity index (χ4v) is 5.72. The SMILES string of the molecule is COc1cc([C@@H](NC(=O)c2cc(Cn3ccsc3=N)cc(C3CCCN=C3C(F)(F)F)c2)C2CC2)ccc1F. The number of ether oxygens (including phenoxy) is 1. The summed E-state index contributed by atoms with van der Waals surface area (Å²) in [7, 11) is 1.37. The number of nitrogens with zero attached hydrogens (tertiary/aromatic N) is 2. The van der Waals surface area contributed by atoms with Gasteiger partial charge in [-0.2, -0.15) is 13.2 Å². The van der Waals surface area contributed by atoms with Crippen molar-refractivity contribution < 1.29 is 27.1 Å². The van der Waals surface area contributed by atoms with E-state index in [0.717, 1.165) is 12.8 Å². The number of aromatic nitrogens is 1. The summed E-state index contributed by atoms with van der Waals surface area (Å²) in [5, 5.41) is 12.9. The molecule has 1 unspecified atom stereocenters. The van der Waals surface area contributed by atoms with E-state index in [0.29, 0.717) is 27.9 Å². The molecule has 39 heavy (non-hydrogen) atoms. The molecular formula is C28H28F4N4O2S. The van der Waals surface area contributed by atoms with E-state index in [9.17, 15) is 22.4 Å². The van der Waals surface area contributed by atoms with Crippen molar-refractivity contribution in [1.82, 2.24) is 9.88 Å². The molecule has 206 valence electrons. The van der Waals surface area contributed by atoms with Crippen LogP contribution in [-0.4, -0.2) is 36.0 Å². The topological polar surface area (TPSA) is 79.5 Å². The van der Waals surface area contributed by atoms with Crippen LogP contribution >= 0.6 is 11.3 Å². The molecule has 1 aliphatic carbocycles. The Morgan fingerprint density at radius 2 is 2.03 bits per heavy atom. The van der Waals surface area contributed by atoms with Gasteiger partial charge in [-0.15, -0.1) is 11.3 Å². The van der Waals surface area contributed by atoms with Gasteiger partial charge in [0.2, 0.25) is 0 Å². The minimum absolute atomic E-state index is 0.0759. The third-order valence-corrected chi connectivity index (χ3v) is 7.90. The lowest BCUT2D eigenvalue weighted by Crippen LogP contribution is -2.33. The van der Waals surface area contributed by atoms with Crippen LogP contribution in [0.15, 0.2) is 53.0 Å². The average Bonchev–Trinajstić information content (AvgIpc) is 3.68. The number of hydrogen-bond donors (Lipinski definition) is 2. The Labute approximate surface area is 226 Å². The number of alkyl halides is 3. The normalized spacial score (nSPS) is 18.4. The van der Waals surface area contributed by atoms with Crippen molar-refractivity contribution in [1.29, 1.82) is 5.41 Å². The second-order valence-corrected chi connectivity index (χ2v) is 10.8. The number of hydrogen-bond acceptors (Lipinski definition) is 5. The maximum Gasteiger partial charge on any atom is 0.429 e. The molecule has 0 spiro atoms. The highest BCUT2D eigenvalue weighted by molar-refractivity contribution is 7.06. The van der Waals surface area contributed by atoms with E-state index in [2.05, 4.69) is 10.3 Å². The molecule has 1 aromatic heterocycles. The van der Waals surface area contributed by atoms with Crippen LogP contribution in [-0.2, 0) is 6.54 Å². The van der Waals surface area contributed by atoms with Crippen molar-refractivity contribution in [3.63, 3.8) is 0 Å². The van der Waals surface area contributed by atoms with E-state index in [1.54, 1.807) is 40.4 Å². The molecule has 3 aromatic rings. The number of aliphatic imine (C=N–C) groups is 1. The number of amides is 1. The smallest absolute Gasteiger partial charge is 0.429 e. The minimum atomic E-state index is -4.57. The molecular weight excluding hydrogens is 532 g/mol. The predicted molar refractivity (Wildman–Crippen MR) is 140 cm³/mol. The molecule has 1 fully saturated rings. The van der Waals surface area contributed by atoms with Gasteiger partial charge in [0, 0.05) is 36.1 Å². The number of benzene rings is 2. The van der Waals surface area contributed by atoms with Gasteiger partial charge in [-0.05, 0) is 72.6 Å². The number of carbonyl (C=O) groups excluding carboxylic acids is 1. The van der Waals surface area contributed by atoms with Crippen molar-refractivity contribution in [2.75, 3.05) is 13.7 Å². The summed E-state index contributed by atoms with van der Waals surface area (Å²) in [4.78, 5) is 17.7. The molecule has 2 atom stereocenters. The Bertz CT molecular complexity index is 1460. The van der Waals surface area contributed by atoms with Crippen LogP contribution in [0.4, 0.5) is 17.6 Å². The Kier molecular flexibility index (Phi) is 7.61. The molecule has 1 saturated carbocycles. The van der Waals surface area contributed by atoms with E-state index in [1.165, 1.54) is 30.6 Å². The van der Waals surface area contributed by atoms with Crippen LogP contribution in [0.3, 0.4) is 0 Å². The maximum absolute atomic E-state index is 14.0.